The average Bonchev–Trinajstić information content (AvgIpc) is 2.69. The van der Waals surface area contributed by atoms with Crippen molar-refractivity contribution in [3.63, 3.8) is 0 Å². The fraction of sp³-hybridized carbons (Fsp3) is 0.364. The van der Waals surface area contributed by atoms with Gasteiger partial charge in [0.1, 0.15) is 5.75 Å². The van der Waals surface area contributed by atoms with Gasteiger partial charge in [-0.3, -0.25) is 9.59 Å². The van der Waals surface area contributed by atoms with E-state index in [-0.39, 0.29) is 17.9 Å². The van der Waals surface area contributed by atoms with Gasteiger partial charge in [0.25, 0.3) is 5.91 Å². The second-order valence-corrected chi connectivity index (χ2v) is 9.45. The molecule has 31 heavy (non-hydrogen) atoms. The third-order valence-electron chi connectivity index (χ3n) is 4.49. The number of anilines is 1. The van der Waals surface area contributed by atoms with Crippen LogP contribution < -0.4 is 10.1 Å². The molecule has 0 spiro atoms. The van der Waals surface area contributed by atoms with Crippen LogP contribution in [-0.4, -0.2) is 51.4 Å². The van der Waals surface area contributed by atoms with Gasteiger partial charge in [0.15, 0.2) is 6.10 Å². The average molecular weight is 449 g/mol. The number of hydrogen-bond donors (Lipinski definition) is 1. The van der Waals surface area contributed by atoms with Gasteiger partial charge in [0, 0.05) is 19.8 Å². The van der Waals surface area contributed by atoms with Crippen LogP contribution >= 0.6 is 0 Å². The molecule has 0 aliphatic rings. The van der Waals surface area contributed by atoms with Crippen LogP contribution in [-0.2, 0) is 24.3 Å². The first-order valence-corrected chi connectivity index (χ1v) is 11.2. The largest absolute Gasteiger partial charge is 0.493 e. The molecule has 0 radical (unpaired) electrons. The monoisotopic (exact) mass is 448 g/mol. The lowest BCUT2D eigenvalue weighted by Crippen LogP contribution is -2.30. The van der Waals surface area contributed by atoms with E-state index in [0.29, 0.717) is 17.0 Å². The van der Waals surface area contributed by atoms with Gasteiger partial charge >= 0.3 is 5.97 Å². The molecule has 1 unspecified atom stereocenters. The number of sulfonamides is 1. The second-order valence-electron chi connectivity index (χ2n) is 7.30. The van der Waals surface area contributed by atoms with Gasteiger partial charge in [-0.15, -0.1) is 0 Å². The number of aryl methyl sites for hydroxylation is 2. The molecule has 168 valence electrons. The Balaban J connectivity index is 1.92. The summed E-state index contributed by atoms with van der Waals surface area (Å²) in [6, 6.07) is 11.9. The standard InChI is InChI=1S/C22H28N2O6S/c1-15-7-6-8-18(13-15)29-12-11-21(25)30-17(3)22(26)23-20-14-19(10-9-16(20)2)31(27,28)24(4)5/h6-10,13-14,17H,11-12H2,1-5H3,(H,23,26). The number of amides is 1. The SMILES string of the molecule is Cc1cccc(OCCC(=O)OC(C)C(=O)Nc2cc(S(=O)(=O)N(C)C)ccc2C)c1. The Labute approximate surface area is 183 Å². The molecule has 0 aliphatic heterocycles. The maximum absolute atomic E-state index is 12.4. The molecule has 0 heterocycles. The zero-order valence-corrected chi connectivity index (χ0v) is 19.2. The van der Waals surface area contributed by atoms with Crippen molar-refractivity contribution in [2.24, 2.45) is 0 Å². The Kier molecular flexibility index (Phi) is 8.18. The predicted molar refractivity (Wildman–Crippen MR) is 118 cm³/mol. The van der Waals surface area contributed by atoms with E-state index < -0.39 is 28.0 Å². The summed E-state index contributed by atoms with van der Waals surface area (Å²) in [5.41, 5.74) is 2.05. The van der Waals surface area contributed by atoms with Gasteiger partial charge in [0.2, 0.25) is 10.0 Å². The number of esters is 1. The molecule has 0 aromatic heterocycles. The molecule has 2 aromatic carbocycles. The summed E-state index contributed by atoms with van der Waals surface area (Å²) >= 11 is 0. The molecule has 1 atom stereocenters. The maximum atomic E-state index is 12.4. The quantitative estimate of drug-likeness (QED) is 0.592. The second kappa shape index (κ2) is 10.4. The number of carbonyl (C=O) groups excluding carboxylic acids is 2. The first-order valence-electron chi connectivity index (χ1n) is 9.73. The molecular weight excluding hydrogens is 420 g/mol. The van der Waals surface area contributed by atoms with Crippen LogP contribution in [0, 0.1) is 13.8 Å². The van der Waals surface area contributed by atoms with Crippen LogP contribution in [0.15, 0.2) is 47.4 Å². The lowest BCUT2D eigenvalue weighted by Gasteiger charge is -2.17. The summed E-state index contributed by atoms with van der Waals surface area (Å²) in [6.07, 6.45) is -1.07. The van der Waals surface area contributed by atoms with Crippen LogP contribution in [0.25, 0.3) is 0 Å². The number of ether oxygens (including phenoxy) is 2. The Morgan fingerprint density at radius 3 is 2.45 bits per heavy atom. The smallest absolute Gasteiger partial charge is 0.310 e. The van der Waals surface area contributed by atoms with Crippen molar-refractivity contribution >= 4 is 27.6 Å². The minimum absolute atomic E-state index is 0.0127. The van der Waals surface area contributed by atoms with Gasteiger partial charge in [-0.25, -0.2) is 12.7 Å². The number of nitrogens with one attached hydrogen (secondary N) is 1. The van der Waals surface area contributed by atoms with Crippen LogP contribution in [0.1, 0.15) is 24.5 Å². The summed E-state index contributed by atoms with van der Waals surface area (Å²) in [7, 11) is -0.788. The predicted octanol–water partition coefficient (Wildman–Crippen LogP) is 2.89. The van der Waals surface area contributed by atoms with E-state index in [9.17, 15) is 18.0 Å². The summed E-state index contributed by atoms with van der Waals surface area (Å²) in [5.74, 6) is -0.479. The van der Waals surface area contributed by atoms with Crippen LogP contribution in [0.4, 0.5) is 5.69 Å². The molecule has 0 aliphatic carbocycles. The lowest BCUT2D eigenvalue weighted by atomic mass is 10.2. The third-order valence-corrected chi connectivity index (χ3v) is 6.30. The van der Waals surface area contributed by atoms with Crippen molar-refractivity contribution in [1.29, 1.82) is 0 Å². The Bertz CT molecular complexity index is 1050. The summed E-state index contributed by atoms with van der Waals surface area (Å²) in [6.45, 7) is 5.25. The van der Waals surface area contributed by atoms with E-state index in [2.05, 4.69) is 5.32 Å². The number of benzene rings is 2. The van der Waals surface area contributed by atoms with Crippen molar-refractivity contribution in [2.45, 2.75) is 38.2 Å². The van der Waals surface area contributed by atoms with Gasteiger partial charge in [0.05, 0.1) is 17.9 Å². The molecule has 1 amide bonds. The minimum atomic E-state index is -3.64. The highest BCUT2D eigenvalue weighted by atomic mass is 32.2. The number of rotatable bonds is 9. The van der Waals surface area contributed by atoms with E-state index >= 15 is 0 Å². The number of hydrogen-bond acceptors (Lipinski definition) is 6. The van der Waals surface area contributed by atoms with E-state index in [4.69, 9.17) is 9.47 Å². The zero-order valence-electron chi connectivity index (χ0n) is 18.3. The van der Waals surface area contributed by atoms with Crippen molar-refractivity contribution in [2.75, 3.05) is 26.0 Å². The Hall–Kier alpha value is -2.91. The molecule has 2 rings (SSSR count). The Morgan fingerprint density at radius 1 is 1.10 bits per heavy atom. The highest BCUT2D eigenvalue weighted by Gasteiger charge is 2.21. The lowest BCUT2D eigenvalue weighted by molar-refractivity contribution is -0.153. The van der Waals surface area contributed by atoms with Crippen molar-refractivity contribution in [3.05, 3.63) is 53.6 Å². The minimum Gasteiger partial charge on any atom is -0.493 e. The molecular formula is C22H28N2O6S. The summed E-state index contributed by atoms with van der Waals surface area (Å²) < 4.78 is 36.4. The van der Waals surface area contributed by atoms with Crippen LogP contribution in [0.2, 0.25) is 0 Å². The number of nitrogens with zero attached hydrogens (tertiary/aromatic N) is 1. The van der Waals surface area contributed by atoms with Crippen LogP contribution in [0.3, 0.4) is 0 Å². The fourth-order valence-corrected chi connectivity index (χ4v) is 3.54. The molecule has 2 aromatic rings. The van der Waals surface area contributed by atoms with Gasteiger partial charge < -0.3 is 14.8 Å². The molecule has 0 fully saturated rings. The van der Waals surface area contributed by atoms with Gasteiger partial charge in [-0.05, 0) is 56.2 Å². The fourth-order valence-electron chi connectivity index (χ4n) is 2.61. The van der Waals surface area contributed by atoms with Crippen molar-refractivity contribution < 1.29 is 27.5 Å². The molecule has 8 nitrogen and oxygen atoms in total. The molecule has 1 N–H and O–H groups in total. The van der Waals surface area contributed by atoms with Gasteiger partial charge in [-0.1, -0.05) is 18.2 Å². The highest BCUT2D eigenvalue weighted by molar-refractivity contribution is 7.89. The van der Waals surface area contributed by atoms with E-state index in [0.717, 1.165) is 9.87 Å². The van der Waals surface area contributed by atoms with Gasteiger partial charge in [-0.2, -0.15) is 0 Å². The third kappa shape index (κ3) is 6.80. The topological polar surface area (TPSA) is 102 Å². The van der Waals surface area contributed by atoms with E-state index in [1.54, 1.807) is 19.1 Å². The first-order chi connectivity index (χ1) is 14.5. The maximum Gasteiger partial charge on any atom is 0.310 e. The van der Waals surface area contributed by atoms with Crippen molar-refractivity contribution in [1.82, 2.24) is 4.31 Å². The zero-order chi connectivity index (χ0) is 23.2. The summed E-state index contributed by atoms with van der Waals surface area (Å²) in [4.78, 5) is 24.5. The normalized spacial score (nSPS) is 12.3. The highest BCUT2D eigenvalue weighted by Crippen LogP contribution is 2.22. The first kappa shape index (κ1) is 24.4. The number of carbonyl (C=O) groups is 2. The van der Waals surface area contributed by atoms with E-state index in [1.807, 2.05) is 25.1 Å². The van der Waals surface area contributed by atoms with Crippen LogP contribution in [0.5, 0.6) is 5.75 Å². The molecule has 9 heteroatoms. The van der Waals surface area contributed by atoms with E-state index in [1.165, 1.54) is 33.2 Å². The molecule has 0 saturated heterocycles. The Morgan fingerprint density at radius 2 is 1.81 bits per heavy atom. The molecule has 0 bridgehead atoms. The van der Waals surface area contributed by atoms with Crippen molar-refractivity contribution in [3.8, 4) is 5.75 Å². The molecule has 0 saturated carbocycles. The summed E-state index contributed by atoms with van der Waals surface area (Å²) in [5, 5.41) is 2.62.